The van der Waals surface area contributed by atoms with Crippen molar-refractivity contribution in [2.45, 2.75) is 39.5 Å². The largest absolute Gasteiger partial charge is 0.295 e. The van der Waals surface area contributed by atoms with Crippen LogP contribution in [0.2, 0.25) is 0 Å². The highest BCUT2D eigenvalue weighted by Gasteiger charge is 2.21. The van der Waals surface area contributed by atoms with Gasteiger partial charge in [-0.05, 0) is 44.6 Å². The SMILES string of the molecule is C=C(C)C1CC=C(C(=O)CCC=CC)C1. The first-order chi connectivity index (χ1) is 7.15. The van der Waals surface area contributed by atoms with E-state index < -0.39 is 0 Å². The molecule has 15 heavy (non-hydrogen) atoms. The van der Waals surface area contributed by atoms with Gasteiger partial charge < -0.3 is 0 Å². The molecule has 0 amide bonds. The van der Waals surface area contributed by atoms with Gasteiger partial charge in [0.15, 0.2) is 5.78 Å². The first-order valence-corrected chi connectivity index (χ1v) is 5.64. The summed E-state index contributed by atoms with van der Waals surface area (Å²) in [4.78, 5) is 11.8. The van der Waals surface area contributed by atoms with Gasteiger partial charge in [-0.3, -0.25) is 4.79 Å². The lowest BCUT2D eigenvalue weighted by molar-refractivity contribution is -0.115. The Kier molecular flexibility index (Phi) is 4.54. The molecule has 0 aliphatic heterocycles. The Morgan fingerprint density at radius 2 is 2.40 bits per heavy atom. The van der Waals surface area contributed by atoms with E-state index in [1.807, 2.05) is 26.0 Å². The Bertz CT molecular complexity index is 307. The van der Waals surface area contributed by atoms with E-state index in [0.717, 1.165) is 24.8 Å². The van der Waals surface area contributed by atoms with Crippen molar-refractivity contribution in [1.29, 1.82) is 0 Å². The van der Waals surface area contributed by atoms with Crippen molar-refractivity contribution in [2.24, 2.45) is 5.92 Å². The van der Waals surface area contributed by atoms with Gasteiger partial charge in [0.05, 0.1) is 0 Å². The van der Waals surface area contributed by atoms with Crippen LogP contribution < -0.4 is 0 Å². The Labute approximate surface area is 92.6 Å². The van der Waals surface area contributed by atoms with Crippen LogP contribution in [0.3, 0.4) is 0 Å². The Hall–Kier alpha value is -1.11. The van der Waals surface area contributed by atoms with E-state index in [-0.39, 0.29) is 0 Å². The van der Waals surface area contributed by atoms with Crippen molar-refractivity contribution >= 4 is 5.78 Å². The van der Waals surface area contributed by atoms with Crippen LogP contribution in [0.1, 0.15) is 39.5 Å². The van der Waals surface area contributed by atoms with E-state index in [1.54, 1.807) is 0 Å². The number of hydrogen-bond acceptors (Lipinski definition) is 1. The van der Waals surface area contributed by atoms with Crippen molar-refractivity contribution in [2.75, 3.05) is 0 Å². The van der Waals surface area contributed by atoms with E-state index in [2.05, 4.69) is 12.7 Å². The van der Waals surface area contributed by atoms with Crippen molar-refractivity contribution in [1.82, 2.24) is 0 Å². The summed E-state index contributed by atoms with van der Waals surface area (Å²) in [7, 11) is 0. The van der Waals surface area contributed by atoms with Crippen LogP contribution in [-0.4, -0.2) is 5.78 Å². The van der Waals surface area contributed by atoms with E-state index >= 15 is 0 Å². The van der Waals surface area contributed by atoms with Gasteiger partial charge in [-0.1, -0.05) is 30.4 Å². The minimum atomic E-state index is 0.317. The Morgan fingerprint density at radius 3 is 2.93 bits per heavy atom. The topological polar surface area (TPSA) is 17.1 Å². The number of carbonyl (C=O) groups excluding carboxylic acids is 1. The molecule has 0 bridgehead atoms. The molecule has 82 valence electrons. The molecule has 1 atom stereocenters. The number of rotatable bonds is 5. The maximum Gasteiger partial charge on any atom is 0.158 e. The van der Waals surface area contributed by atoms with E-state index in [1.165, 1.54) is 5.57 Å². The lowest BCUT2D eigenvalue weighted by atomic mass is 9.96. The van der Waals surface area contributed by atoms with Gasteiger partial charge in [0.25, 0.3) is 0 Å². The highest BCUT2D eigenvalue weighted by atomic mass is 16.1. The molecule has 0 N–H and O–H groups in total. The normalized spacial score (nSPS) is 20.7. The molecule has 1 aliphatic carbocycles. The Balaban J connectivity index is 2.39. The molecular weight excluding hydrogens is 184 g/mol. The van der Waals surface area contributed by atoms with E-state index in [4.69, 9.17) is 0 Å². The molecule has 1 unspecified atom stereocenters. The van der Waals surface area contributed by atoms with Crippen LogP contribution in [0.4, 0.5) is 0 Å². The fraction of sp³-hybridized carbons (Fsp3) is 0.500. The van der Waals surface area contributed by atoms with E-state index in [9.17, 15) is 4.79 Å². The van der Waals surface area contributed by atoms with Gasteiger partial charge in [0, 0.05) is 6.42 Å². The smallest absolute Gasteiger partial charge is 0.158 e. The number of allylic oxidation sites excluding steroid dienone is 5. The number of hydrogen-bond donors (Lipinski definition) is 0. The molecule has 1 heteroatoms. The van der Waals surface area contributed by atoms with Gasteiger partial charge in [-0.2, -0.15) is 0 Å². The highest BCUT2D eigenvalue weighted by Crippen LogP contribution is 2.30. The van der Waals surface area contributed by atoms with Gasteiger partial charge in [-0.25, -0.2) is 0 Å². The molecule has 0 fully saturated rings. The minimum Gasteiger partial charge on any atom is -0.295 e. The highest BCUT2D eigenvalue weighted by molar-refractivity contribution is 5.95. The third kappa shape index (κ3) is 3.50. The zero-order valence-corrected chi connectivity index (χ0v) is 9.75. The van der Waals surface area contributed by atoms with E-state index in [0.29, 0.717) is 18.1 Å². The number of carbonyl (C=O) groups is 1. The molecule has 1 aliphatic rings. The predicted octanol–water partition coefficient (Wildman–Crippen LogP) is 3.82. The molecule has 0 saturated carbocycles. The molecule has 0 aromatic rings. The zero-order chi connectivity index (χ0) is 11.3. The second kappa shape index (κ2) is 5.69. The fourth-order valence-electron chi connectivity index (χ4n) is 1.86. The quantitative estimate of drug-likeness (QED) is 0.622. The average molecular weight is 204 g/mol. The molecule has 0 radical (unpaired) electrons. The average Bonchev–Trinajstić information content (AvgIpc) is 2.66. The summed E-state index contributed by atoms with van der Waals surface area (Å²) in [5.41, 5.74) is 2.22. The molecule has 0 spiro atoms. The first kappa shape index (κ1) is 12.0. The van der Waals surface area contributed by atoms with Crippen LogP contribution in [-0.2, 0) is 4.79 Å². The number of ketones is 1. The molecular formula is C14H20O. The summed E-state index contributed by atoms with van der Waals surface area (Å²) in [6, 6.07) is 0. The second-order valence-electron chi connectivity index (χ2n) is 4.24. The third-order valence-electron chi connectivity index (χ3n) is 2.94. The van der Waals surface area contributed by atoms with Crippen LogP contribution in [0, 0.1) is 5.92 Å². The van der Waals surface area contributed by atoms with Crippen molar-refractivity contribution in [3.05, 3.63) is 36.0 Å². The van der Waals surface area contributed by atoms with Gasteiger partial charge in [-0.15, -0.1) is 0 Å². The summed E-state index contributed by atoms with van der Waals surface area (Å²) < 4.78 is 0. The molecule has 0 heterocycles. The summed E-state index contributed by atoms with van der Waals surface area (Å²) in [5, 5.41) is 0. The van der Waals surface area contributed by atoms with Gasteiger partial charge >= 0.3 is 0 Å². The lowest BCUT2D eigenvalue weighted by Gasteiger charge is -2.08. The molecule has 0 aromatic carbocycles. The second-order valence-corrected chi connectivity index (χ2v) is 4.24. The van der Waals surface area contributed by atoms with Crippen molar-refractivity contribution in [3.8, 4) is 0 Å². The summed E-state index contributed by atoms with van der Waals surface area (Å²) >= 11 is 0. The summed E-state index contributed by atoms with van der Waals surface area (Å²) in [5.74, 6) is 0.822. The lowest BCUT2D eigenvalue weighted by Crippen LogP contribution is -2.02. The number of Topliss-reactive ketones (excluding diaryl/α,β-unsaturated/α-hetero) is 1. The van der Waals surface area contributed by atoms with Crippen LogP contribution in [0.15, 0.2) is 36.0 Å². The van der Waals surface area contributed by atoms with Crippen LogP contribution in [0.25, 0.3) is 0 Å². The maximum absolute atomic E-state index is 11.8. The molecule has 1 nitrogen and oxygen atoms in total. The predicted molar refractivity (Wildman–Crippen MR) is 64.7 cm³/mol. The molecule has 1 rings (SSSR count). The molecule has 0 saturated heterocycles. The maximum atomic E-state index is 11.8. The fourth-order valence-corrected chi connectivity index (χ4v) is 1.86. The molecule has 0 aromatic heterocycles. The van der Waals surface area contributed by atoms with Gasteiger partial charge in [0.1, 0.15) is 0 Å². The minimum absolute atomic E-state index is 0.317. The summed E-state index contributed by atoms with van der Waals surface area (Å²) in [6.07, 6.45) is 9.56. The van der Waals surface area contributed by atoms with Crippen molar-refractivity contribution < 1.29 is 4.79 Å². The Morgan fingerprint density at radius 1 is 1.67 bits per heavy atom. The van der Waals surface area contributed by atoms with Crippen LogP contribution >= 0.6 is 0 Å². The first-order valence-electron chi connectivity index (χ1n) is 5.64. The monoisotopic (exact) mass is 204 g/mol. The van der Waals surface area contributed by atoms with Gasteiger partial charge in [0.2, 0.25) is 0 Å². The van der Waals surface area contributed by atoms with Crippen LogP contribution in [0.5, 0.6) is 0 Å². The summed E-state index contributed by atoms with van der Waals surface area (Å²) in [6.45, 7) is 7.98. The zero-order valence-electron chi connectivity index (χ0n) is 9.75. The third-order valence-corrected chi connectivity index (χ3v) is 2.94. The van der Waals surface area contributed by atoms with Crippen molar-refractivity contribution in [3.63, 3.8) is 0 Å². The standard InChI is InChI=1S/C14H20O/c1-4-5-6-7-14(15)13-9-8-12(10-13)11(2)3/h4-5,9,12H,2,6-8,10H2,1,3H3.